The highest BCUT2D eigenvalue weighted by molar-refractivity contribution is 7.12. The van der Waals surface area contributed by atoms with Crippen LogP contribution >= 0.6 is 11.3 Å². The number of carbonyl (C=O) groups is 2. The van der Waals surface area contributed by atoms with Crippen LogP contribution in [-0.4, -0.2) is 16.8 Å². The van der Waals surface area contributed by atoms with Crippen LogP contribution in [-0.2, 0) is 16.9 Å². The maximum Gasteiger partial charge on any atom is 0.264 e. The average molecular weight is 420 g/mol. The third-order valence-electron chi connectivity index (χ3n) is 5.82. The van der Waals surface area contributed by atoms with Crippen molar-refractivity contribution in [3.8, 4) is 0 Å². The van der Waals surface area contributed by atoms with E-state index in [9.17, 15) is 14.7 Å². The molecule has 4 rings (SSSR count). The Bertz CT molecular complexity index is 1100. The number of amides is 1. The molecule has 1 aliphatic rings. The molecule has 5 heteroatoms. The fraction of sp³-hybridized carbons (Fsp3) is 0.280. The molecule has 154 valence electrons. The third kappa shape index (κ3) is 3.48. The minimum Gasteiger partial charge on any atom is -0.375 e. The van der Waals surface area contributed by atoms with Gasteiger partial charge in [-0.2, -0.15) is 0 Å². The number of hydrogen-bond acceptors (Lipinski definition) is 4. The fourth-order valence-electron chi connectivity index (χ4n) is 3.98. The summed E-state index contributed by atoms with van der Waals surface area (Å²) in [4.78, 5) is 28.4. The number of ketones is 1. The second-order valence-electron chi connectivity index (χ2n) is 8.19. The lowest BCUT2D eigenvalue weighted by Crippen LogP contribution is -2.41. The van der Waals surface area contributed by atoms with Gasteiger partial charge in [0.15, 0.2) is 11.4 Å². The highest BCUT2D eigenvalue weighted by Crippen LogP contribution is 2.44. The molecule has 0 saturated heterocycles. The molecular formula is C25H25NO3S. The van der Waals surface area contributed by atoms with Gasteiger partial charge in [-0.3, -0.25) is 9.59 Å². The molecule has 0 fully saturated rings. The third-order valence-corrected chi connectivity index (χ3v) is 6.73. The van der Waals surface area contributed by atoms with Crippen molar-refractivity contribution in [1.82, 2.24) is 0 Å². The fourth-order valence-corrected chi connectivity index (χ4v) is 4.65. The SMILES string of the molecule is Cc1ccc(C(C)C)cc1CN1C(=O)C(O)(CC(=O)c2cccs2)c2ccccc21. The van der Waals surface area contributed by atoms with Gasteiger partial charge in [-0.1, -0.05) is 56.3 Å². The van der Waals surface area contributed by atoms with Gasteiger partial charge in [0.05, 0.1) is 23.5 Å². The number of aryl methyl sites for hydroxylation is 1. The Morgan fingerprint density at radius 1 is 1.13 bits per heavy atom. The van der Waals surface area contributed by atoms with Gasteiger partial charge in [-0.05, 0) is 47.0 Å². The van der Waals surface area contributed by atoms with Gasteiger partial charge in [0, 0.05) is 5.56 Å². The van der Waals surface area contributed by atoms with Crippen molar-refractivity contribution in [3.05, 3.63) is 87.1 Å². The predicted octanol–water partition coefficient (Wildman–Crippen LogP) is 5.19. The molecule has 1 aliphatic heterocycles. The molecule has 30 heavy (non-hydrogen) atoms. The van der Waals surface area contributed by atoms with Crippen LogP contribution in [0.2, 0.25) is 0 Å². The number of aliphatic hydroxyl groups is 1. The standard InChI is InChI=1S/C25H25NO3S/c1-16(2)18-11-10-17(3)19(13-18)15-26-21-8-5-4-7-20(21)25(29,24(26)28)14-22(27)23-9-6-12-30-23/h4-13,16,29H,14-15H2,1-3H3. The minimum absolute atomic E-state index is 0.226. The van der Waals surface area contributed by atoms with E-state index in [1.165, 1.54) is 16.9 Å². The number of anilines is 1. The van der Waals surface area contributed by atoms with E-state index >= 15 is 0 Å². The molecule has 0 saturated carbocycles. The number of benzene rings is 2. The smallest absolute Gasteiger partial charge is 0.264 e. The van der Waals surface area contributed by atoms with Crippen LogP contribution in [0.15, 0.2) is 60.0 Å². The Hall–Kier alpha value is -2.76. The number of hydrogen-bond donors (Lipinski definition) is 1. The number of carbonyl (C=O) groups excluding carboxylic acids is 2. The zero-order chi connectivity index (χ0) is 21.5. The van der Waals surface area contributed by atoms with Gasteiger partial charge in [-0.15, -0.1) is 11.3 Å². The van der Waals surface area contributed by atoms with Gasteiger partial charge in [-0.25, -0.2) is 0 Å². The van der Waals surface area contributed by atoms with Gasteiger partial charge in [0.2, 0.25) is 0 Å². The second kappa shape index (κ2) is 7.82. The summed E-state index contributed by atoms with van der Waals surface area (Å²) < 4.78 is 0. The summed E-state index contributed by atoms with van der Waals surface area (Å²) in [5.74, 6) is -0.287. The van der Waals surface area contributed by atoms with Crippen molar-refractivity contribution in [3.63, 3.8) is 0 Å². The first-order chi connectivity index (χ1) is 14.3. The maximum absolute atomic E-state index is 13.5. The Balaban J connectivity index is 1.70. The summed E-state index contributed by atoms with van der Waals surface area (Å²) in [6.45, 7) is 6.66. The molecule has 0 aliphatic carbocycles. The van der Waals surface area contributed by atoms with E-state index in [2.05, 4.69) is 32.0 Å². The number of Topliss-reactive ketones (excluding diaryl/α,β-unsaturated/α-hetero) is 1. The summed E-state index contributed by atoms with van der Waals surface area (Å²) >= 11 is 1.32. The van der Waals surface area contributed by atoms with Gasteiger partial charge in [0.25, 0.3) is 5.91 Å². The summed E-state index contributed by atoms with van der Waals surface area (Å²) in [5.41, 5.74) is 2.66. The molecule has 4 nitrogen and oxygen atoms in total. The summed E-state index contributed by atoms with van der Waals surface area (Å²) in [5, 5.41) is 13.3. The first-order valence-electron chi connectivity index (χ1n) is 10.1. The topological polar surface area (TPSA) is 57.6 Å². The van der Waals surface area contributed by atoms with Crippen molar-refractivity contribution >= 4 is 28.7 Å². The Kier molecular flexibility index (Phi) is 5.35. The number of para-hydroxylation sites is 1. The molecule has 1 unspecified atom stereocenters. The molecule has 1 atom stereocenters. The average Bonchev–Trinajstić information content (AvgIpc) is 3.33. The number of nitrogens with zero attached hydrogens (tertiary/aromatic N) is 1. The lowest BCUT2D eigenvalue weighted by Gasteiger charge is -2.23. The molecule has 1 aromatic heterocycles. The number of rotatable bonds is 6. The minimum atomic E-state index is -1.85. The van der Waals surface area contributed by atoms with E-state index in [0.717, 1.165) is 11.1 Å². The zero-order valence-electron chi connectivity index (χ0n) is 17.4. The van der Waals surface area contributed by atoms with E-state index in [1.807, 2.05) is 24.4 Å². The van der Waals surface area contributed by atoms with Crippen molar-refractivity contribution in [2.75, 3.05) is 4.90 Å². The molecule has 2 heterocycles. The maximum atomic E-state index is 13.5. The van der Waals surface area contributed by atoms with Gasteiger partial charge >= 0.3 is 0 Å². The Morgan fingerprint density at radius 2 is 1.90 bits per heavy atom. The Morgan fingerprint density at radius 3 is 2.60 bits per heavy atom. The highest BCUT2D eigenvalue weighted by Gasteiger charge is 2.50. The van der Waals surface area contributed by atoms with E-state index in [-0.39, 0.29) is 12.2 Å². The van der Waals surface area contributed by atoms with Crippen LogP contribution in [0, 0.1) is 6.92 Å². The number of fused-ring (bicyclic) bond motifs is 1. The number of thiophene rings is 1. The van der Waals surface area contributed by atoms with Crippen LogP contribution < -0.4 is 4.90 Å². The molecule has 3 aromatic rings. The predicted molar refractivity (Wildman–Crippen MR) is 120 cm³/mol. The van der Waals surface area contributed by atoms with Crippen LogP contribution in [0.4, 0.5) is 5.69 Å². The van der Waals surface area contributed by atoms with E-state index < -0.39 is 11.5 Å². The summed E-state index contributed by atoms with van der Waals surface area (Å²) in [7, 11) is 0. The first-order valence-corrected chi connectivity index (χ1v) is 11.0. The van der Waals surface area contributed by atoms with Crippen molar-refractivity contribution in [2.24, 2.45) is 0 Å². The van der Waals surface area contributed by atoms with Crippen LogP contribution in [0.3, 0.4) is 0 Å². The van der Waals surface area contributed by atoms with E-state index in [0.29, 0.717) is 28.6 Å². The molecule has 1 amide bonds. The normalized spacial score (nSPS) is 18.2. The monoisotopic (exact) mass is 419 g/mol. The van der Waals surface area contributed by atoms with Crippen LogP contribution in [0.25, 0.3) is 0 Å². The van der Waals surface area contributed by atoms with Gasteiger partial charge in [0.1, 0.15) is 0 Å². The molecule has 2 aromatic carbocycles. The molecule has 0 spiro atoms. The highest BCUT2D eigenvalue weighted by atomic mass is 32.1. The largest absolute Gasteiger partial charge is 0.375 e. The quantitative estimate of drug-likeness (QED) is 0.560. The molecule has 0 radical (unpaired) electrons. The Labute approximate surface area is 180 Å². The van der Waals surface area contributed by atoms with E-state index in [1.54, 1.807) is 29.2 Å². The van der Waals surface area contributed by atoms with Crippen LogP contribution in [0.5, 0.6) is 0 Å². The summed E-state index contributed by atoms with van der Waals surface area (Å²) in [6.07, 6.45) is -0.259. The van der Waals surface area contributed by atoms with Crippen molar-refractivity contribution in [1.29, 1.82) is 0 Å². The molecular weight excluding hydrogens is 394 g/mol. The summed E-state index contributed by atoms with van der Waals surface area (Å²) in [6, 6.07) is 17.1. The first kappa shape index (κ1) is 20.5. The lowest BCUT2D eigenvalue weighted by atomic mass is 9.89. The van der Waals surface area contributed by atoms with Crippen molar-refractivity contribution in [2.45, 2.75) is 45.3 Å². The lowest BCUT2D eigenvalue weighted by molar-refractivity contribution is -0.136. The van der Waals surface area contributed by atoms with Crippen LogP contribution in [0.1, 0.15) is 58.1 Å². The molecule has 0 bridgehead atoms. The molecule has 1 N–H and O–H groups in total. The van der Waals surface area contributed by atoms with E-state index in [4.69, 9.17) is 0 Å². The van der Waals surface area contributed by atoms with Gasteiger partial charge < -0.3 is 10.0 Å². The second-order valence-corrected chi connectivity index (χ2v) is 9.13. The van der Waals surface area contributed by atoms with Crippen molar-refractivity contribution < 1.29 is 14.7 Å². The zero-order valence-corrected chi connectivity index (χ0v) is 18.2.